The standard InChI is InChI=1S/C21H20N6O2S/c1-13-6-8-15(9-7-13)11-17-19(29)23-20-24-25-21(27(20)26-17)30-12-18(28)22-16-5-3-4-14(2)10-16/h3-10H,11-12H2,1-2H3,(H,22,28)(H,23,24,29). The number of nitrogens with zero attached hydrogens (tertiary/aromatic N) is 4. The Morgan fingerprint density at radius 2 is 1.90 bits per heavy atom. The topological polar surface area (TPSA) is 105 Å². The number of aryl methyl sites for hydroxylation is 2. The van der Waals surface area contributed by atoms with Gasteiger partial charge in [-0.25, -0.2) is 0 Å². The van der Waals surface area contributed by atoms with Crippen LogP contribution >= 0.6 is 11.8 Å². The van der Waals surface area contributed by atoms with Crippen LogP contribution in [0.3, 0.4) is 0 Å². The van der Waals surface area contributed by atoms with Crippen molar-refractivity contribution in [3.63, 3.8) is 0 Å². The van der Waals surface area contributed by atoms with E-state index in [1.165, 1.54) is 16.3 Å². The van der Waals surface area contributed by atoms with E-state index < -0.39 is 0 Å². The first kappa shape index (κ1) is 19.8. The van der Waals surface area contributed by atoms with E-state index in [0.717, 1.165) is 22.4 Å². The number of thioether (sulfide) groups is 1. The number of H-pyrrole nitrogens is 1. The molecule has 2 aromatic heterocycles. The molecule has 4 rings (SSSR count). The SMILES string of the molecule is Cc1ccc(Cc2nn3c(SCC(=O)Nc4cccc(C)c4)nnc3[nH]c2=O)cc1. The van der Waals surface area contributed by atoms with Gasteiger partial charge in [0.15, 0.2) is 0 Å². The minimum atomic E-state index is -0.302. The van der Waals surface area contributed by atoms with Gasteiger partial charge in [-0.1, -0.05) is 53.7 Å². The van der Waals surface area contributed by atoms with Crippen LogP contribution in [0.4, 0.5) is 5.69 Å². The molecule has 0 spiro atoms. The van der Waals surface area contributed by atoms with E-state index in [2.05, 4.69) is 25.6 Å². The first-order chi connectivity index (χ1) is 14.5. The van der Waals surface area contributed by atoms with Crippen molar-refractivity contribution in [1.29, 1.82) is 0 Å². The van der Waals surface area contributed by atoms with E-state index >= 15 is 0 Å². The Labute approximate surface area is 176 Å². The van der Waals surface area contributed by atoms with Crippen molar-refractivity contribution in [3.05, 3.63) is 81.3 Å². The first-order valence-corrected chi connectivity index (χ1v) is 10.4. The van der Waals surface area contributed by atoms with Crippen LogP contribution in [0, 0.1) is 13.8 Å². The Bertz CT molecular complexity index is 1260. The minimum absolute atomic E-state index is 0.142. The number of nitrogens with one attached hydrogen (secondary N) is 2. The van der Waals surface area contributed by atoms with E-state index in [1.54, 1.807) is 0 Å². The zero-order valence-electron chi connectivity index (χ0n) is 16.5. The number of hydrogen-bond acceptors (Lipinski definition) is 6. The van der Waals surface area contributed by atoms with Gasteiger partial charge >= 0.3 is 0 Å². The Kier molecular flexibility index (Phi) is 5.62. The molecule has 0 saturated heterocycles. The third-order valence-corrected chi connectivity index (χ3v) is 5.37. The molecule has 2 heterocycles. The monoisotopic (exact) mass is 420 g/mol. The van der Waals surface area contributed by atoms with Crippen LogP contribution in [0.5, 0.6) is 0 Å². The lowest BCUT2D eigenvalue weighted by molar-refractivity contribution is -0.113. The molecule has 0 bridgehead atoms. The largest absolute Gasteiger partial charge is 0.325 e. The van der Waals surface area contributed by atoms with Crippen molar-refractivity contribution in [2.24, 2.45) is 0 Å². The zero-order chi connectivity index (χ0) is 21.1. The lowest BCUT2D eigenvalue weighted by Crippen LogP contribution is -2.19. The third kappa shape index (κ3) is 4.57. The average Bonchev–Trinajstić information content (AvgIpc) is 3.10. The van der Waals surface area contributed by atoms with Crippen LogP contribution < -0.4 is 10.9 Å². The van der Waals surface area contributed by atoms with Crippen LogP contribution in [0.1, 0.15) is 22.4 Å². The Hall–Kier alpha value is -3.46. The predicted molar refractivity (Wildman–Crippen MR) is 116 cm³/mol. The van der Waals surface area contributed by atoms with Gasteiger partial charge in [0.05, 0.1) is 5.75 Å². The molecule has 0 saturated carbocycles. The van der Waals surface area contributed by atoms with Gasteiger partial charge in [-0.3, -0.25) is 14.6 Å². The Morgan fingerprint density at radius 1 is 1.10 bits per heavy atom. The molecular weight excluding hydrogens is 400 g/mol. The van der Waals surface area contributed by atoms with Crippen LogP contribution in [0.25, 0.3) is 5.78 Å². The van der Waals surface area contributed by atoms with Crippen molar-refractivity contribution < 1.29 is 4.79 Å². The quantitative estimate of drug-likeness (QED) is 0.465. The summed E-state index contributed by atoms with van der Waals surface area (Å²) >= 11 is 1.20. The van der Waals surface area contributed by atoms with Crippen molar-refractivity contribution in [2.75, 3.05) is 11.1 Å². The molecule has 2 aromatic carbocycles. The molecular formula is C21H20N6O2S. The second-order valence-corrected chi connectivity index (χ2v) is 7.93. The summed E-state index contributed by atoms with van der Waals surface area (Å²) in [5.41, 5.74) is 4.00. The number of carbonyl (C=O) groups excluding carboxylic acids is 1. The lowest BCUT2D eigenvalue weighted by Gasteiger charge is -2.05. The van der Waals surface area contributed by atoms with Gasteiger partial charge in [0, 0.05) is 12.1 Å². The molecule has 9 heteroatoms. The van der Waals surface area contributed by atoms with Crippen LogP contribution in [0.15, 0.2) is 58.5 Å². The number of anilines is 1. The summed E-state index contributed by atoms with van der Waals surface area (Å²) in [5.74, 6) is 0.226. The van der Waals surface area contributed by atoms with Crippen molar-refractivity contribution in [1.82, 2.24) is 24.8 Å². The van der Waals surface area contributed by atoms with Crippen LogP contribution in [-0.4, -0.2) is 36.5 Å². The van der Waals surface area contributed by atoms with Gasteiger partial charge in [-0.15, -0.1) is 10.2 Å². The van der Waals surface area contributed by atoms with E-state index in [0.29, 0.717) is 17.3 Å². The van der Waals surface area contributed by atoms with Crippen molar-refractivity contribution in [2.45, 2.75) is 25.4 Å². The van der Waals surface area contributed by atoms with E-state index in [1.807, 2.05) is 62.4 Å². The molecule has 0 fully saturated rings. The fourth-order valence-electron chi connectivity index (χ4n) is 2.93. The lowest BCUT2D eigenvalue weighted by atomic mass is 10.1. The maximum atomic E-state index is 12.3. The van der Waals surface area contributed by atoms with Gasteiger partial charge < -0.3 is 5.32 Å². The average molecular weight is 420 g/mol. The number of benzene rings is 2. The van der Waals surface area contributed by atoms with E-state index in [9.17, 15) is 9.59 Å². The maximum absolute atomic E-state index is 12.3. The molecule has 0 aliphatic heterocycles. The number of rotatable bonds is 6. The highest BCUT2D eigenvalue weighted by atomic mass is 32.2. The number of hydrogen-bond donors (Lipinski definition) is 2. The predicted octanol–water partition coefficient (Wildman–Crippen LogP) is 2.75. The number of carbonyl (C=O) groups is 1. The molecule has 0 radical (unpaired) electrons. The smallest absolute Gasteiger partial charge is 0.274 e. The van der Waals surface area contributed by atoms with Gasteiger partial charge in [-0.2, -0.15) is 9.61 Å². The Balaban J connectivity index is 1.49. The molecule has 8 nitrogen and oxygen atoms in total. The van der Waals surface area contributed by atoms with Crippen LogP contribution in [-0.2, 0) is 11.2 Å². The summed E-state index contributed by atoms with van der Waals surface area (Å²) < 4.78 is 1.47. The van der Waals surface area contributed by atoms with Gasteiger partial charge in [0.1, 0.15) is 5.69 Å². The van der Waals surface area contributed by atoms with E-state index in [-0.39, 0.29) is 23.0 Å². The number of aromatic nitrogens is 5. The summed E-state index contributed by atoms with van der Waals surface area (Å²) in [7, 11) is 0. The van der Waals surface area contributed by atoms with Gasteiger partial charge in [-0.05, 0) is 37.1 Å². The molecule has 2 N–H and O–H groups in total. The zero-order valence-corrected chi connectivity index (χ0v) is 17.4. The minimum Gasteiger partial charge on any atom is -0.325 e. The fourth-order valence-corrected chi connectivity index (χ4v) is 3.61. The first-order valence-electron chi connectivity index (χ1n) is 9.37. The highest BCUT2D eigenvalue weighted by Crippen LogP contribution is 2.16. The normalized spacial score (nSPS) is 11.0. The summed E-state index contributed by atoms with van der Waals surface area (Å²) in [4.78, 5) is 27.3. The second-order valence-electron chi connectivity index (χ2n) is 6.99. The molecule has 152 valence electrons. The molecule has 4 aromatic rings. The molecule has 0 atom stereocenters. The van der Waals surface area contributed by atoms with Crippen molar-refractivity contribution >= 4 is 29.1 Å². The molecule has 0 aliphatic rings. The summed E-state index contributed by atoms with van der Waals surface area (Å²) in [6.45, 7) is 3.98. The third-order valence-electron chi connectivity index (χ3n) is 4.45. The summed E-state index contributed by atoms with van der Waals surface area (Å²) in [5, 5.41) is 15.7. The molecule has 30 heavy (non-hydrogen) atoms. The molecule has 0 aliphatic carbocycles. The van der Waals surface area contributed by atoms with Gasteiger partial charge in [0.2, 0.25) is 11.1 Å². The highest BCUT2D eigenvalue weighted by molar-refractivity contribution is 7.99. The van der Waals surface area contributed by atoms with Gasteiger partial charge in [0.25, 0.3) is 11.3 Å². The molecule has 0 unspecified atom stereocenters. The highest BCUT2D eigenvalue weighted by Gasteiger charge is 2.14. The van der Waals surface area contributed by atoms with Crippen LogP contribution in [0.2, 0.25) is 0 Å². The number of aromatic amines is 1. The summed E-state index contributed by atoms with van der Waals surface area (Å²) in [6.07, 6.45) is 0.391. The fraction of sp³-hybridized carbons (Fsp3) is 0.190. The van der Waals surface area contributed by atoms with E-state index in [4.69, 9.17) is 0 Å². The maximum Gasteiger partial charge on any atom is 0.274 e. The Morgan fingerprint density at radius 3 is 2.67 bits per heavy atom. The number of amides is 1. The molecule has 1 amide bonds. The van der Waals surface area contributed by atoms with Crippen molar-refractivity contribution in [3.8, 4) is 0 Å². The summed E-state index contributed by atoms with van der Waals surface area (Å²) in [6, 6.07) is 15.5. The number of fused-ring (bicyclic) bond motifs is 1. The second kappa shape index (κ2) is 8.50.